The van der Waals surface area contributed by atoms with Gasteiger partial charge >= 0.3 is 0 Å². The highest BCUT2D eigenvalue weighted by atomic mass is 35.5. The fourth-order valence-electron chi connectivity index (χ4n) is 3.82. The van der Waals surface area contributed by atoms with Gasteiger partial charge in [0.05, 0.1) is 27.0 Å². The highest BCUT2D eigenvalue weighted by molar-refractivity contribution is 6.30. The van der Waals surface area contributed by atoms with Crippen LogP contribution in [0.1, 0.15) is 16.8 Å². The van der Waals surface area contributed by atoms with Gasteiger partial charge in [0.1, 0.15) is 0 Å². The van der Waals surface area contributed by atoms with Crippen molar-refractivity contribution in [2.75, 3.05) is 39.3 Å². The van der Waals surface area contributed by atoms with E-state index in [9.17, 15) is 4.79 Å². The quantitative estimate of drug-likeness (QED) is 0.562. The smallest absolute Gasteiger partial charge is 0.251 e. The summed E-state index contributed by atoms with van der Waals surface area (Å²) in [7, 11) is 4.58. The van der Waals surface area contributed by atoms with Gasteiger partial charge < -0.3 is 24.4 Å². The summed E-state index contributed by atoms with van der Waals surface area (Å²) in [4.78, 5) is 15.0. The Kier molecular flexibility index (Phi) is 6.41. The van der Waals surface area contributed by atoms with E-state index in [4.69, 9.17) is 25.8 Å². The van der Waals surface area contributed by atoms with Crippen LogP contribution in [0.25, 0.3) is 11.3 Å². The molecule has 1 aliphatic heterocycles. The molecule has 4 rings (SSSR count). The van der Waals surface area contributed by atoms with Crippen molar-refractivity contribution in [2.45, 2.75) is 12.5 Å². The second-order valence-corrected chi connectivity index (χ2v) is 7.90. The molecule has 3 aromatic rings. The van der Waals surface area contributed by atoms with E-state index in [-0.39, 0.29) is 11.9 Å². The van der Waals surface area contributed by atoms with Crippen molar-refractivity contribution < 1.29 is 19.0 Å². The van der Waals surface area contributed by atoms with Crippen LogP contribution in [0.15, 0.2) is 42.5 Å². The molecule has 32 heavy (non-hydrogen) atoms. The average molecular weight is 457 g/mol. The molecule has 1 aliphatic rings. The summed E-state index contributed by atoms with van der Waals surface area (Å²) < 4.78 is 16.0. The summed E-state index contributed by atoms with van der Waals surface area (Å²) in [6.45, 7) is 1.46. The minimum Gasteiger partial charge on any atom is -0.493 e. The Morgan fingerprint density at radius 1 is 1.09 bits per heavy atom. The first-order valence-electron chi connectivity index (χ1n) is 10.2. The number of rotatable bonds is 7. The third-order valence-corrected chi connectivity index (χ3v) is 5.75. The molecule has 1 amide bonds. The van der Waals surface area contributed by atoms with Crippen molar-refractivity contribution in [1.82, 2.24) is 15.5 Å². The number of nitrogens with zero attached hydrogens (tertiary/aromatic N) is 2. The number of anilines is 1. The first kappa shape index (κ1) is 21.8. The van der Waals surface area contributed by atoms with Crippen LogP contribution in [0, 0.1) is 0 Å². The summed E-state index contributed by atoms with van der Waals surface area (Å²) in [6.07, 6.45) is 0.819. The molecule has 2 heterocycles. The lowest BCUT2D eigenvalue weighted by Crippen LogP contribution is -2.37. The number of amides is 1. The Morgan fingerprint density at radius 2 is 1.78 bits per heavy atom. The van der Waals surface area contributed by atoms with Crippen LogP contribution >= 0.6 is 11.6 Å². The molecule has 2 aromatic carbocycles. The first-order chi connectivity index (χ1) is 15.5. The lowest BCUT2D eigenvalue weighted by atomic mass is 10.1. The van der Waals surface area contributed by atoms with Gasteiger partial charge in [-0.2, -0.15) is 5.10 Å². The average Bonchev–Trinajstić information content (AvgIpc) is 3.48. The second kappa shape index (κ2) is 9.40. The minimum atomic E-state index is -0.194. The summed E-state index contributed by atoms with van der Waals surface area (Å²) in [5.41, 5.74) is 2.38. The van der Waals surface area contributed by atoms with Crippen molar-refractivity contribution in [3.05, 3.63) is 53.1 Å². The van der Waals surface area contributed by atoms with Gasteiger partial charge in [-0.15, -0.1) is 0 Å². The van der Waals surface area contributed by atoms with Crippen LogP contribution in [-0.2, 0) is 0 Å². The van der Waals surface area contributed by atoms with Crippen molar-refractivity contribution in [3.8, 4) is 28.5 Å². The van der Waals surface area contributed by atoms with Crippen LogP contribution in [0.4, 0.5) is 5.82 Å². The fourth-order valence-corrected chi connectivity index (χ4v) is 3.94. The highest BCUT2D eigenvalue weighted by Crippen LogP contribution is 2.38. The third kappa shape index (κ3) is 4.45. The van der Waals surface area contributed by atoms with E-state index in [1.165, 1.54) is 21.3 Å². The molecule has 0 spiro atoms. The van der Waals surface area contributed by atoms with E-state index >= 15 is 0 Å². The Hall–Kier alpha value is -3.39. The number of ether oxygens (including phenoxy) is 3. The maximum absolute atomic E-state index is 12.9. The Labute approximate surface area is 191 Å². The molecule has 0 radical (unpaired) electrons. The predicted octanol–water partition coefficient (Wildman–Crippen LogP) is 3.76. The summed E-state index contributed by atoms with van der Waals surface area (Å²) in [5, 5.41) is 11.3. The number of aromatic nitrogens is 2. The van der Waals surface area contributed by atoms with Crippen LogP contribution in [0.3, 0.4) is 0 Å². The molecule has 0 saturated carbocycles. The number of carbonyl (C=O) groups is 1. The topological polar surface area (TPSA) is 88.7 Å². The molecule has 168 valence electrons. The number of halogens is 1. The SMILES string of the molecule is COc1cc(C(=O)N[C@H]2CCN(c3cc(-c4ccc(Cl)cc4)[nH]n3)C2)cc(OC)c1OC. The normalized spacial score (nSPS) is 15.5. The van der Waals surface area contributed by atoms with Crippen molar-refractivity contribution in [2.24, 2.45) is 0 Å². The van der Waals surface area contributed by atoms with Gasteiger partial charge in [-0.1, -0.05) is 23.7 Å². The van der Waals surface area contributed by atoms with E-state index in [0.29, 0.717) is 34.4 Å². The van der Waals surface area contributed by atoms with E-state index in [0.717, 1.165) is 30.0 Å². The number of aromatic amines is 1. The van der Waals surface area contributed by atoms with E-state index < -0.39 is 0 Å². The Balaban J connectivity index is 1.42. The standard InChI is InChI=1S/C23H25ClN4O4/c1-30-19-10-15(11-20(31-2)22(19)32-3)23(29)25-17-8-9-28(13-17)21-12-18(26-27-21)14-4-6-16(24)7-5-14/h4-7,10-12,17H,8-9,13H2,1-3H3,(H,25,29)(H,26,27)/t17-/m0/s1. The van der Waals surface area contributed by atoms with Gasteiger partial charge in [-0.3, -0.25) is 9.89 Å². The van der Waals surface area contributed by atoms with Crippen LogP contribution in [0.2, 0.25) is 5.02 Å². The molecule has 9 heteroatoms. The van der Waals surface area contributed by atoms with Gasteiger partial charge in [-0.25, -0.2) is 0 Å². The minimum absolute atomic E-state index is 0.00252. The molecule has 8 nitrogen and oxygen atoms in total. The van der Waals surface area contributed by atoms with Crippen LogP contribution in [-0.4, -0.2) is 56.6 Å². The van der Waals surface area contributed by atoms with Gasteiger partial charge in [0.25, 0.3) is 5.91 Å². The molecule has 2 N–H and O–H groups in total. The maximum Gasteiger partial charge on any atom is 0.251 e. The third-order valence-electron chi connectivity index (χ3n) is 5.49. The number of nitrogens with one attached hydrogen (secondary N) is 2. The van der Waals surface area contributed by atoms with Gasteiger partial charge in [-0.05, 0) is 36.2 Å². The lowest BCUT2D eigenvalue weighted by molar-refractivity contribution is 0.0939. The molecular weight excluding hydrogens is 432 g/mol. The highest BCUT2D eigenvalue weighted by Gasteiger charge is 2.27. The van der Waals surface area contributed by atoms with E-state index in [1.54, 1.807) is 12.1 Å². The summed E-state index contributed by atoms with van der Waals surface area (Å²) >= 11 is 5.97. The van der Waals surface area contributed by atoms with E-state index in [2.05, 4.69) is 20.4 Å². The fraction of sp³-hybridized carbons (Fsp3) is 0.304. The zero-order valence-electron chi connectivity index (χ0n) is 18.1. The molecule has 1 fully saturated rings. The molecule has 0 unspecified atom stereocenters. The summed E-state index contributed by atoms with van der Waals surface area (Å²) in [6, 6.07) is 12.9. The molecule has 1 atom stereocenters. The van der Waals surface area contributed by atoms with Gasteiger partial charge in [0.2, 0.25) is 5.75 Å². The second-order valence-electron chi connectivity index (χ2n) is 7.47. The molecule has 1 saturated heterocycles. The summed E-state index contributed by atoms with van der Waals surface area (Å²) in [5.74, 6) is 1.99. The zero-order chi connectivity index (χ0) is 22.7. The Bertz CT molecular complexity index is 1070. The van der Waals surface area contributed by atoms with Gasteiger partial charge in [0.15, 0.2) is 17.3 Å². The molecule has 1 aromatic heterocycles. The van der Waals surface area contributed by atoms with Crippen LogP contribution < -0.4 is 24.4 Å². The number of hydrogen-bond donors (Lipinski definition) is 2. The molecular formula is C23H25ClN4O4. The number of H-pyrrole nitrogens is 1. The number of carbonyl (C=O) groups excluding carboxylic acids is 1. The van der Waals surface area contributed by atoms with E-state index in [1.807, 2.05) is 30.3 Å². The number of benzene rings is 2. The van der Waals surface area contributed by atoms with Gasteiger partial charge in [0, 0.05) is 35.8 Å². The zero-order valence-corrected chi connectivity index (χ0v) is 18.9. The molecule has 0 bridgehead atoms. The first-order valence-corrected chi connectivity index (χ1v) is 10.6. The predicted molar refractivity (Wildman–Crippen MR) is 123 cm³/mol. The Morgan fingerprint density at radius 3 is 2.41 bits per heavy atom. The monoisotopic (exact) mass is 456 g/mol. The maximum atomic E-state index is 12.9. The van der Waals surface area contributed by atoms with Crippen molar-refractivity contribution in [1.29, 1.82) is 0 Å². The number of hydrogen-bond acceptors (Lipinski definition) is 6. The van der Waals surface area contributed by atoms with Crippen molar-refractivity contribution in [3.63, 3.8) is 0 Å². The lowest BCUT2D eigenvalue weighted by Gasteiger charge is -2.17. The largest absolute Gasteiger partial charge is 0.493 e. The molecule has 0 aliphatic carbocycles. The number of methoxy groups -OCH3 is 3. The van der Waals surface area contributed by atoms with Crippen molar-refractivity contribution >= 4 is 23.3 Å². The van der Waals surface area contributed by atoms with Crippen LogP contribution in [0.5, 0.6) is 17.2 Å².